The number of carbonyl (C=O) groups is 2. The zero-order valence-corrected chi connectivity index (χ0v) is 15.2. The molecule has 3 rings (SSSR count). The first-order chi connectivity index (χ1) is 12.4. The van der Waals surface area contributed by atoms with E-state index in [2.05, 4.69) is 4.98 Å². The molecule has 0 unspecified atom stereocenters. The number of benzene rings is 1. The Bertz CT molecular complexity index is 836. The van der Waals surface area contributed by atoms with E-state index < -0.39 is 0 Å². The van der Waals surface area contributed by atoms with E-state index in [1.54, 1.807) is 12.1 Å². The van der Waals surface area contributed by atoms with E-state index in [1.165, 1.54) is 12.3 Å². The van der Waals surface area contributed by atoms with Crippen molar-refractivity contribution in [2.45, 2.75) is 26.8 Å². The number of hydrogen-bond donors (Lipinski definition) is 0. The Kier molecular flexibility index (Phi) is 5.02. The molecule has 2 heterocycles. The third-order valence-corrected chi connectivity index (χ3v) is 4.89. The van der Waals surface area contributed by atoms with Crippen LogP contribution in [0.3, 0.4) is 0 Å². The minimum Gasteiger partial charge on any atom is -0.353 e. The zero-order chi connectivity index (χ0) is 18.8. The Labute approximate surface area is 152 Å². The summed E-state index contributed by atoms with van der Waals surface area (Å²) in [6.45, 7) is 7.52. The summed E-state index contributed by atoms with van der Waals surface area (Å²) in [6.07, 6.45) is 1.99. The Balaban J connectivity index is 1.78. The number of nitrogens with zero attached hydrogens (tertiary/aromatic N) is 3. The van der Waals surface area contributed by atoms with Gasteiger partial charge in [-0.2, -0.15) is 0 Å². The number of aryl methyl sites for hydroxylation is 2. The average molecular weight is 355 g/mol. The van der Waals surface area contributed by atoms with Gasteiger partial charge in [0.05, 0.1) is 6.20 Å². The second-order valence-corrected chi connectivity index (χ2v) is 6.77. The number of aldehydes is 1. The van der Waals surface area contributed by atoms with E-state index in [0.717, 1.165) is 17.4 Å². The SMILES string of the molecule is Cc1cc(C)c(C(=O)N2CCN(c3ccc(F)cn3)C[C@H]2C)cc1C=O. The summed E-state index contributed by atoms with van der Waals surface area (Å²) in [5, 5.41) is 0. The van der Waals surface area contributed by atoms with Gasteiger partial charge in [0, 0.05) is 36.8 Å². The van der Waals surface area contributed by atoms with Gasteiger partial charge in [0.2, 0.25) is 0 Å². The van der Waals surface area contributed by atoms with Crippen molar-refractivity contribution in [3.05, 3.63) is 58.5 Å². The molecule has 26 heavy (non-hydrogen) atoms. The maximum Gasteiger partial charge on any atom is 0.254 e. The third-order valence-electron chi connectivity index (χ3n) is 4.89. The van der Waals surface area contributed by atoms with Crippen molar-refractivity contribution in [2.75, 3.05) is 24.5 Å². The molecule has 136 valence electrons. The van der Waals surface area contributed by atoms with Gasteiger partial charge in [0.25, 0.3) is 5.91 Å². The predicted molar refractivity (Wildman–Crippen MR) is 98.2 cm³/mol. The summed E-state index contributed by atoms with van der Waals surface area (Å²) in [4.78, 5) is 32.2. The van der Waals surface area contributed by atoms with Crippen molar-refractivity contribution in [3.8, 4) is 0 Å². The second-order valence-electron chi connectivity index (χ2n) is 6.77. The maximum atomic E-state index is 13.1. The molecule has 1 aliphatic heterocycles. The van der Waals surface area contributed by atoms with Crippen molar-refractivity contribution < 1.29 is 14.0 Å². The zero-order valence-electron chi connectivity index (χ0n) is 15.2. The lowest BCUT2D eigenvalue weighted by atomic mass is 9.99. The van der Waals surface area contributed by atoms with E-state index in [1.807, 2.05) is 36.6 Å². The van der Waals surface area contributed by atoms with E-state index in [9.17, 15) is 14.0 Å². The van der Waals surface area contributed by atoms with Crippen molar-refractivity contribution >= 4 is 18.0 Å². The van der Waals surface area contributed by atoms with Gasteiger partial charge in [0.1, 0.15) is 17.9 Å². The summed E-state index contributed by atoms with van der Waals surface area (Å²) < 4.78 is 13.1. The molecule has 1 amide bonds. The predicted octanol–water partition coefficient (Wildman–Crippen LogP) is 3.00. The summed E-state index contributed by atoms with van der Waals surface area (Å²) in [5.74, 6) is 0.279. The van der Waals surface area contributed by atoms with Crippen molar-refractivity contribution in [3.63, 3.8) is 0 Å². The fraction of sp³-hybridized carbons (Fsp3) is 0.350. The van der Waals surface area contributed by atoms with Gasteiger partial charge in [0.15, 0.2) is 0 Å². The van der Waals surface area contributed by atoms with Crippen molar-refractivity contribution in [2.24, 2.45) is 0 Å². The van der Waals surface area contributed by atoms with Gasteiger partial charge in [-0.15, -0.1) is 0 Å². The molecule has 0 saturated carbocycles. The van der Waals surface area contributed by atoms with Crippen LogP contribution in [0.1, 0.15) is 38.8 Å². The number of aromatic nitrogens is 1. The lowest BCUT2D eigenvalue weighted by molar-refractivity contribution is 0.0673. The normalized spacial score (nSPS) is 17.3. The highest BCUT2D eigenvalue weighted by Crippen LogP contribution is 2.22. The topological polar surface area (TPSA) is 53.5 Å². The van der Waals surface area contributed by atoms with Crippen LogP contribution in [0.4, 0.5) is 10.2 Å². The average Bonchev–Trinajstić information content (AvgIpc) is 2.62. The number of anilines is 1. The van der Waals surface area contributed by atoms with Crippen LogP contribution in [-0.4, -0.2) is 47.8 Å². The lowest BCUT2D eigenvalue weighted by Gasteiger charge is -2.40. The molecule has 1 fully saturated rings. The fourth-order valence-corrected chi connectivity index (χ4v) is 3.40. The Morgan fingerprint density at radius 2 is 2.00 bits per heavy atom. The molecular weight excluding hydrogens is 333 g/mol. The van der Waals surface area contributed by atoms with E-state index >= 15 is 0 Å². The third kappa shape index (κ3) is 3.45. The summed E-state index contributed by atoms with van der Waals surface area (Å²) >= 11 is 0. The van der Waals surface area contributed by atoms with Crippen LogP contribution in [0.25, 0.3) is 0 Å². The number of amides is 1. The molecule has 0 radical (unpaired) electrons. The van der Waals surface area contributed by atoms with Gasteiger partial charge in [-0.05, 0) is 50.1 Å². The number of piperazine rings is 1. The van der Waals surface area contributed by atoms with Crippen LogP contribution in [-0.2, 0) is 0 Å². The smallest absolute Gasteiger partial charge is 0.254 e. The van der Waals surface area contributed by atoms with E-state index in [4.69, 9.17) is 0 Å². The van der Waals surface area contributed by atoms with Crippen LogP contribution in [0.15, 0.2) is 30.5 Å². The second kappa shape index (κ2) is 7.23. The van der Waals surface area contributed by atoms with Crippen LogP contribution in [0.5, 0.6) is 0 Å². The highest BCUT2D eigenvalue weighted by atomic mass is 19.1. The fourth-order valence-electron chi connectivity index (χ4n) is 3.40. The Hall–Kier alpha value is -2.76. The molecule has 2 aromatic rings. The highest BCUT2D eigenvalue weighted by Gasteiger charge is 2.29. The molecule has 5 nitrogen and oxygen atoms in total. The quantitative estimate of drug-likeness (QED) is 0.795. The summed E-state index contributed by atoms with van der Waals surface area (Å²) in [7, 11) is 0. The molecule has 6 heteroatoms. The Morgan fingerprint density at radius 3 is 2.62 bits per heavy atom. The van der Waals surface area contributed by atoms with Crippen LogP contribution < -0.4 is 4.90 Å². The molecule has 0 aliphatic carbocycles. The largest absolute Gasteiger partial charge is 0.353 e. The molecule has 1 atom stereocenters. The van der Waals surface area contributed by atoms with Crippen molar-refractivity contribution in [1.29, 1.82) is 0 Å². The molecule has 1 saturated heterocycles. The van der Waals surface area contributed by atoms with Crippen LogP contribution in [0.2, 0.25) is 0 Å². The minimum absolute atomic E-state index is 0.0245. The van der Waals surface area contributed by atoms with E-state index in [-0.39, 0.29) is 17.8 Å². The van der Waals surface area contributed by atoms with Gasteiger partial charge < -0.3 is 9.80 Å². The Morgan fingerprint density at radius 1 is 1.23 bits per heavy atom. The number of halogens is 1. The molecule has 0 bridgehead atoms. The molecule has 1 aromatic carbocycles. The molecule has 1 aromatic heterocycles. The van der Waals surface area contributed by atoms with Gasteiger partial charge >= 0.3 is 0 Å². The minimum atomic E-state index is -0.364. The first-order valence-corrected chi connectivity index (χ1v) is 8.64. The molecule has 1 aliphatic rings. The molecular formula is C20H22FN3O2. The van der Waals surface area contributed by atoms with E-state index in [0.29, 0.717) is 36.6 Å². The van der Waals surface area contributed by atoms with Gasteiger partial charge in [-0.25, -0.2) is 9.37 Å². The maximum absolute atomic E-state index is 13.1. The first-order valence-electron chi connectivity index (χ1n) is 8.64. The number of carbonyl (C=O) groups excluding carboxylic acids is 2. The van der Waals surface area contributed by atoms with Crippen molar-refractivity contribution in [1.82, 2.24) is 9.88 Å². The first kappa shape index (κ1) is 18.0. The summed E-state index contributed by atoms with van der Waals surface area (Å²) in [6, 6.07) is 6.57. The van der Waals surface area contributed by atoms with Crippen LogP contribution in [0, 0.1) is 19.7 Å². The molecule has 0 N–H and O–H groups in total. The molecule has 0 spiro atoms. The number of rotatable bonds is 3. The highest BCUT2D eigenvalue weighted by molar-refractivity contribution is 5.98. The lowest BCUT2D eigenvalue weighted by Crippen LogP contribution is -2.54. The summed E-state index contributed by atoms with van der Waals surface area (Å²) in [5.41, 5.74) is 2.85. The van der Waals surface area contributed by atoms with Crippen LogP contribution >= 0.6 is 0 Å². The van der Waals surface area contributed by atoms with Gasteiger partial charge in [-0.3, -0.25) is 9.59 Å². The number of pyridine rings is 1. The monoisotopic (exact) mass is 355 g/mol. The number of hydrogen-bond acceptors (Lipinski definition) is 4. The standard InChI is InChI=1S/C20H22FN3O2/c1-13-8-14(2)18(9-16(13)12-25)20(26)24-7-6-23(11-15(24)3)19-5-4-17(21)10-22-19/h4-5,8-10,12,15H,6-7,11H2,1-3H3/t15-/m1/s1. The van der Waals surface area contributed by atoms with Gasteiger partial charge in [-0.1, -0.05) is 6.07 Å².